The van der Waals surface area contributed by atoms with Crippen LogP contribution in [-0.2, 0) is 6.42 Å². The van der Waals surface area contributed by atoms with Crippen molar-refractivity contribution >= 4 is 38.7 Å². The molecule has 0 radical (unpaired) electrons. The third kappa shape index (κ3) is 4.78. The Kier molecular flexibility index (Phi) is 7.30. The second-order valence-electron chi connectivity index (χ2n) is 12.2. The molecular weight excluding hydrogens is 572 g/mol. The summed E-state index contributed by atoms with van der Waals surface area (Å²) >= 11 is 0. The van der Waals surface area contributed by atoms with Crippen LogP contribution in [0.25, 0.3) is 78.0 Å². The topological polar surface area (TPSA) is 21.9 Å². The maximum Gasteiger partial charge on any atom is 0.304 e. The van der Waals surface area contributed by atoms with Crippen LogP contribution in [0.15, 0.2) is 151 Å². The SMILES string of the molecule is C=C(CC)[n+]1c(-c2c(CCC)ccc3c2oc2ccccc23)n(-c2cc(-c3ccccc3)ccc2-c2ccccc2)c2ccccc21. The summed E-state index contributed by atoms with van der Waals surface area (Å²) in [5, 5.41) is 2.26. The predicted octanol–water partition coefficient (Wildman–Crippen LogP) is 11.7. The van der Waals surface area contributed by atoms with Crippen molar-refractivity contribution in [1.29, 1.82) is 0 Å². The van der Waals surface area contributed by atoms with Crippen LogP contribution in [0.4, 0.5) is 0 Å². The molecule has 0 fully saturated rings. The third-order valence-electron chi connectivity index (χ3n) is 9.32. The number of benzene rings is 6. The van der Waals surface area contributed by atoms with Crippen LogP contribution in [-0.4, -0.2) is 4.57 Å². The number of rotatable bonds is 8. The Morgan fingerprint density at radius 1 is 0.681 bits per heavy atom. The van der Waals surface area contributed by atoms with E-state index in [1.165, 1.54) is 22.3 Å². The van der Waals surface area contributed by atoms with E-state index >= 15 is 0 Å². The molecule has 0 unspecified atom stereocenters. The van der Waals surface area contributed by atoms with Crippen molar-refractivity contribution in [2.75, 3.05) is 0 Å². The highest BCUT2D eigenvalue weighted by molar-refractivity contribution is 6.10. The van der Waals surface area contributed by atoms with Crippen LogP contribution in [0.3, 0.4) is 0 Å². The highest BCUT2D eigenvalue weighted by atomic mass is 16.3. The molecule has 0 saturated heterocycles. The van der Waals surface area contributed by atoms with Gasteiger partial charge in [0, 0.05) is 22.8 Å². The molecule has 0 bridgehead atoms. The van der Waals surface area contributed by atoms with E-state index in [-0.39, 0.29) is 0 Å². The van der Waals surface area contributed by atoms with Crippen molar-refractivity contribution in [2.24, 2.45) is 0 Å². The number of aryl methyl sites for hydroxylation is 1. The minimum Gasteiger partial charge on any atom is -0.455 e. The van der Waals surface area contributed by atoms with E-state index in [1.807, 2.05) is 0 Å². The summed E-state index contributed by atoms with van der Waals surface area (Å²) in [6.45, 7) is 9.08. The first-order valence-corrected chi connectivity index (χ1v) is 16.6. The zero-order chi connectivity index (χ0) is 31.9. The second-order valence-corrected chi connectivity index (χ2v) is 12.2. The molecule has 2 heterocycles. The average molecular weight is 610 g/mol. The van der Waals surface area contributed by atoms with Crippen molar-refractivity contribution in [2.45, 2.75) is 33.1 Å². The molecular formula is C44H37N2O+. The lowest BCUT2D eigenvalue weighted by molar-refractivity contribution is -0.542. The molecule has 228 valence electrons. The Morgan fingerprint density at radius 3 is 2.15 bits per heavy atom. The summed E-state index contributed by atoms with van der Waals surface area (Å²) < 4.78 is 11.7. The molecule has 0 aliphatic carbocycles. The molecule has 0 atom stereocenters. The predicted molar refractivity (Wildman–Crippen MR) is 197 cm³/mol. The van der Waals surface area contributed by atoms with Crippen LogP contribution >= 0.6 is 0 Å². The van der Waals surface area contributed by atoms with Crippen molar-refractivity contribution in [1.82, 2.24) is 4.57 Å². The smallest absolute Gasteiger partial charge is 0.304 e. The molecule has 0 spiro atoms. The van der Waals surface area contributed by atoms with Gasteiger partial charge in [-0.3, -0.25) is 0 Å². The Labute approximate surface area is 275 Å². The highest BCUT2D eigenvalue weighted by Crippen LogP contribution is 2.42. The quantitative estimate of drug-likeness (QED) is 0.157. The van der Waals surface area contributed by atoms with Gasteiger partial charge in [0.1, 0.15) is 22.5 Å². The van der Waals surface area contributed by atoms with Crippen LogP contribution in [0, 0.1) is 0 Å². The van der Waals surface area contributed by atoms with E-state index in [2.05, 4.69) is 169 Å². The molecule has 0 aliphatic rings. The number of allylic oxidation sites excluding steroid dienone is 1. The maximum absolute atomic E-state index is 6.83. The molecule has 8 rings (SSSR count). The Bertz CT molecular complexity index is 2410. The normalized spacial score (nSPS) is 11.5. The second kappa shape index (κ2) is 11.9. The fourth-order valence-corrected chi connectivity index (χ4v) is 7.06. The molecule has 8 aromatic rings. The number of fused-ring (bicyclic) bond motifs is 4. The number of hydrogen-bond acceptors (Lipinski definition) is 1. The van der Waals surface area contributed by atoms with Crippen LogP contribution in [0.5, 0.6) is 0 Å². The standard InChI is InChI=1S/C44H37N2O/c1-4-16-33-25-28-37-36-21-12-15-24-41(36)47-43(37)42(33)44-45(30(3)5-2)38-22-13-14-23-39(38)46(44)40-29-34(31-17-8-6-9-18-31)26-27-35(40)32-19-10-7-11-20-32/h6-15,17-29H,3-5,16H2,1-2H3/q+1. The van der Waals surface area contributed by atoms with Gasteiger partial charge >= 0.3 is 5.82 Å². The monoisotopic (exact) mass is 609 g/mol. The van der Waals surface area contributed by atoms with Crippen molar-refractivity contribution in [3.05, 3.63) is 152 Å². The number of para-hydroxylation sites is 3. The molecule has 0 aliphatic heterocycles. The van der Waals surface area contributed by atoms with E-state index in [9.17, 15) is 0 Å². The number of aromatic nitrogens is 2. The number of imidazole rings is 1. The number of furan rings is 1. The van der Waals surface area contributed by atoms with E-state index in [0.29, 0.717) is 0 Å². The first-order valence-electron chi connectivity index (χ1n) is 16.6. The summed E-state index contributed by atoms with van der Waals surface area (Å²) in [5.74, 6) is 1.06. The number of nitrogens with zero attached hydrogens (tertiary/aromatic N) is 2. The van der Waals surface area contributed by atoms with Gasteiger partial charge in [-0.2, -0.15) is 9.13 Å². The Balaban J connectivity index is 1.58. The lowest BCUT2D eigenvalue weighted by atomic mass is 9.96. The summed E-state index contributed by atoms with van der Waals surface area (Å²) in [4.78, 5) is 0. The average Bonchev–Trinajstić information content (AvgIpc) is 3.68. The maximum atomic E-state index is 6.83. The molecule has 3 heteroatoms. The van der Waals surface area contributed by atoms with Crippen LogP contribution < -0.4 is 4.57 Å². The molecule has 3 nitrogen and oxygen atoms in total. The fourth-order valence-electron chi connectivity index (χ4n) is 7.06. The van der Waals surface area contributed by atoms with E-state index in [1.54, 1.807) is 0 Å². The van der Waals surface area contributed by atoms with Gasteiger partial charge in [-0.25, -0.2) is 0 Å². The zero-order valence-corrected chi connectivity index (χ0v) is 26.9. The van der Waals surface area contributed by atoms with Crippen molar-refractivity contribution in [3.8, 4) is 39.3 Å². The lowest BCUT2D eigenvalue weighted by Crippen LogP contribution is -2.34. The third-order valence-corrected chi connectivity index (χ3v) is 9.32. The van der Waals surface area contributed by atoms with Gasteiger partial charge in [-0.1, -0.05) is 136 Å². The molecule has 6 aromatic carbocycles. The van der Waals surface area contributed by atoms with E-state index in [4.69, 9.17) is 4.42 Å². The molecule has 47 heavy (non-hydrogen) atoms. The van der Waals surface area contributed by atoms with Crippen LogP contribution in [0.2, 0.25) is 0 Å². The van der Waals surface area contributed by atoms with E-state index in [0.717, 1.165) is 80.6 Å². The van der Waals surface area contributed by atoms with E-state index < -0.39 is 0 Å². The minimum absolute atomic E-state index is 0.806. The molecule has 2 aromatic heterocycles. The van der Waals surface area contributed by atoms with Gasteiger partial charge in [0.15, 0.2) is 16.6 Å². The summed E-state index contributed by atoms with van der Waals surface area (Å²) in [6, 6.07) is 49.9. The van der Waals surface area contributed by atoms with Gasteiger partial charge in [-0.05, 0) is 59.0 Å². The summed E-state index contributed by atoms with van der Waals surface area (Å²) in [5.41, 5.74) is 13.3. The molecule has 0 amide bonds. The van der Waals surface area contributed by atoms with Crippen molar-refractivity contribution in [3.63, 3.8) is 0 Å². The summed E-state index contributed by atoms with van der Waals surface area (Å²) in [6.07, 6.45) is 2.75. The van der Waals surface area contributed by atoms with Gasteiger partial charge in [0.2, 0.25) is 0 Å². The number of hydrogen-bond donors (Lipinski definition) is 0. The molecule has 0 saturated carbocycles. The largest absolute Gasteiger partial charge is 0.455 e. The van der Waals surface area contributed by atoms with Gasteiger partial charge in [0.25, 0.3) is 0 Å². The first-order chi connectivity index (χ1) is 23.2. The minimum atomic E-state index is 0.806. The van der Waals surface area contributed by atoms with Gasteiger partial charge < -0.3 is 4.42 Å². The molecule has 0 N–H and O–H groups in total. The zero-order valence-electron chi connectivity index (χ0n) is 26.9. The van der Waals surface area contributed by atoms with Gasteiger partial charge in [-0.15, -0.1) is 0 Å². The lowest BCUT2D eigenvalue weighted by Gasteiger charge is -2.15. The fraction of sp³-hybridized carbons (Fsp3) is 0.114. The Morgan fingerprint density at radius 2 is 1.38 bits per heavy atom. The van der Waals surface area contributed by atoms with Crippen LogP contribution in [0.1, 0.15) is 32.3 Å². The van der Waals surface area contributed by atoms with Gasteiger partial charge in [0.05, 0.1) is 0 Å². The Hall–Kier alpha value is -5.67. The summed E-state index contributed by atoms with van der Waals surface area (Å²) in [7, 11) is 0. The van der Waals surface area contributed by atoms with Crippen molar-refractivity contribution < 1.29 is 8.98 Å². The highest BCUT2D eigenvalue weighted by Gasteiger charge is 2.34. The first kappa shape index (κ1) is 28.8.